The van der Waals surface area contributed by atoms with Crippen LogP contribution >= 0.6 is 0 Å². The molecule has 1 aromatic rings. The second kappa shape index (κ2) is 9.93. The molecule has 0 radical (unpaired) electrons. The van der Waals surface area contributed by atoms with Crippen molar-refractivity contribution in [2.75, 3.05) is 32.9 Å². The van der Waals surface area contributed by atoms with Crippen molar-refractivity contribution in [3.05, 3.63) is 35.9 Å². The molecule has 0 saturated carbocycles. The maximum Gasteiger partial charge on any atom is 0.0506 e. The van der Waals surface area contributed by atoms with Gasteiger partial charge >= 0.3 is 0 Å². The van der Waals surface area contributed by atoms with Crippen molar-refractivity contribution >= 4 is 0 Å². The Morgan fingerprint density at radius 1 is 1.14 bits per heavy atom. The first-order chi connectivity index (χ1) is 10.4. The molecule has 0 aromatic heterocycles. The highest BCUT2D eigenvalue weighted by atomic mass is 16.5. The Kier molecular flexibility index (Phi) is 7.79. The van der Waals surface area contributed by atoms with E-state index >= 15 is 0 Å². The number of likely N-dealkylation sites (tertiary alicyclic amines) is 1. The Balaban J connectivity index is 1.54. The van der Waals surface area contributed by atoms with Gasteiger partial charge in [-0.15, -0.1) is 0 Å². The SMILES string of the molecule is OCCC1CCCCN1CCCOCCc1ccccc1. The Morgan fingerprint density at radius 3 is 2.81 bits per heavy atom. The van der Waals surface area contributed by atoms with Crippen LogP contribution in [0.1, 0.15) is 37.7 Å². The maximum atomic E-state index is 9.13. The van der Waals surface area contributed by atoms with Crippen LogP contribution in [-0.4, -0.2) is 49.0 Å². The van der Waals surface area contributed by atoms with Gasteiger partial charge in [0.05, 0.1) is 6.61 Å². The number of benzene rings is 1. The van der Waals surface area contributed by atoms with Crippen LogP contribution in [0.15, 0.2) is 30.3 Å². The Morgan fingerprint density at radius 2 is 2.00 bits per heavy atom. The lowest BCUT2D eigenvalue weighted by Gasteiger charge is -2.35. The summed E-state index contributed by atoms with van der Waals surface area (Å²) in [6.07, 6.45) is 6.88. The molecule has 118 valence electrons. The van der Waals surface area contributed by atoms with E-state index in [-0.39, 0.29) is 0 Å². The summed E-state index contributed by atoms with van der Waals surface area (Å²) in [5.74, 6) is 0. The minimum absolute atomic E-state index is 0.314. The monoisotopic (exact) mass is 291 g/mol. The van der Waals surface area contributed by atoms with E-state index in [2.05, 4.69) is 29.2 Å². The molecule has 1 atom stereocenters. The van der Waals surface area contributed by atoms with Gasteiger partial charge in [0.2, 0.25) is 0 Å². The molecule has 1 aliphatic heterocycles. The fraction of sp³-hybridized carbons (Fsp3) is 0.667. The molecule has 0 amide bonds. The lowest BCUT2D eigenvalue weighted by molar-refractivity contribution is 0.0896. The maximum absolute atomic E-state index is 9.13. The van der Waals surface area contributed by atoms with Crippen LogP contribution in [0.3, 0.4) is 0 Å². The van der Waals surface area contributed by atoms with Gasteiger partial charge in [-0.2, -0.15) is 0 Å². The van der Waals surface area contributed by atoms with Gasteiger partial charge in [-0.25, -0.2) is 0 Å². The second-order valence-electron chi connectivity index (χ2n) is 5.90. The Hall–Kier alpha value is -0.900. The third-order valence-electron chi connectivity index (χ3n) is 4.32. The molecule has 1 unspecified atom stereocenters. The van der Waals surface area contributed by atoms with Gasteiger partial charge in [-0.1, -0.05) is 36.8 Å². The van der Waals surface area contributed by atoms with Gasteiger partial charge < -0.3 is 14.7 Å². The lowest BCUT2D eigenvalue weighted by atomic mass is 9.99. The van der Waals surface area contributed by atoms with E-state index in [1.807, 2.05) is 6.07 Å². The van der Waals surface area contributed by atoms with E-state index in [1.165, 1.54) is 31.4 Å². The third-order valence-corrected chi connectivity index (χ3v) is 4.32. The summed E-state index contributed by atoms with van der Waals surface area (Å²) in [4.78, 5) is 2.54. The summed E-state index contributed by atoms with van der Waals surface area (Å²) >= 11 is 0. The van der Waals surface area contributed by atoms with E-state index in [0.29, 0.717) is 12.6 Å². The number of rotatable bonds is 9. The number of ether oxygens (including phenoxy) is 1. The summed E-state index contributed by atoms with van der Waals surface area (Å²) < 4.78 is 5.75. The molecule has 2 rings (SSSR count). The highest BCUT2D eigenvalue weighted by molar-refractivity contribution is 5.14. The summed E-state index contributed by atoms with van der Waals surface area (Å²) in [7, 11) is 0. The first-order valence-corrected chi connectivity index (χ1v) is 8.36. The second-order valence-corrected chi connectivity index (χ2v) is 5.90. The fourth-order valence-electron chi connectivity index (χ4n) is 3.14. The van der Waals surface area contributed by atoms with E-state index in [4.69, 9.17) is 9.84 Å². The van der Waals surface area contributed by atoms with Crippen molar-refractivity contribution in [2.24, 2.45) is 0 Å². The highest BCUT2D eigenvalue weighted by Gasteiger charge is 2.20. The Labute approximate surface area is 128 Å². The largest absolute Gasteiger partial charge is 0.396 e. The molecule has 0 spiro atoms. The molecule has 1 aromatic carbocycles. The third kappa shape index (κ3) is 6.16. The molecule has 1 N–H and O–H groups in total. The molecule has 1 aliphatic rings. The number of aliphatic hydroxyl groups excluding tert-OH is 1. The topological polar surface area (TPSA) is 32.7 Å². The lowest BCUT2D eigenvalue weighted by Crippen LogP contribution is -2.40. The molecule has 3 heteroatoms. The van der Waals surface area contributed by atoms with Crippen molar-refractivity contribution in [1.82, 2.24) is 4.90 Å². The van der Waals surface area contributed by atoms with Crippen LogP contribution in [0.25, 0.3) is 0 Å². The molecule has 1 heterocycles. The van der Waals surface area contributed by atoms with Crippen molar-refractivity contribution in [3.63, 3.8) is 0 Å². The van der Waals surface area contributed by atoms with Gasteiger partial charge in [0.1, 0.15) is 0 Å². The first-order valence-electron chi connectivity index (χ1n) is 8.36. The zero-order valence-electron chi connectivity index (χ0n) is 13.0. The van der Waals surface area contributed by atoms with Gasteiger partial charge in [0.25, 0.3) is 0 Å². The zero-order chi connectivity index (χ0) is 14.8. The van der Waals surface area contributed by atoms with Crippen molar-refractivity contribution in [2.45, 2.75) is 44.6 Å². The zero-order valence-corrected chi connectivity index (χ0v) is 13.0. The minimum Gasteiger partial charge on any atom is -0.396 e. The average Bonchev–Trinajstić information content (AvgIpc) is 2.53. The van der Waals surface area contributed by atoms with Crippen molar-refractivity contribution in [1.29, 1.82) is 0 Å². The van der Waals surface area contributed by atoms with Crippen LogP contribution in [0.4, 0.5) is 0 Å². The summed E-state index contributed by atoms with van der Waals surface area (Å²) in [6.45, 7) is 4.26. The van der Waals surface area contributed by atoms with Crippen LogP contribution in [0.5, 0.6) is 0 Å². The molecule has 21 heavy (non-hydrogen) atoms. The first kappa shape index (κ1) is 16.5. The van der Waals surface area contributed by atoms with Crippen LogP contribution < -0.4 is 0 Å². The van der Waals surface area contributed by atoms with Crippen molar-refractivity contribution < 1.29 is 9.84 Å². The van der Waals surface area contributed by atoms with Crippen LogP contribution in [0.2, 0.25) is 0 Å². The van der Waals surface area contributed by atoms with E-state index < -0.39 is 0 Å². The van der Waals surface area contributed by atoms with E-state index in [1.54, 1.807) is 0 Å². The fourth-order valence-corrected chi connectivity index (χ4v) is 3.14. The van der Waals surface area contributed by atoms with Gasteiger partial charge in [-0.3, -0.25) is 0 Å². The minimum atomic E-state index is 0.314. The average molecular weight is 291 g/mol. The summed E-state index contributed by atoms with van der Waals surface area (Å²) in [5.41, 5.74) is 1.34. The molecule has 3 nitrogen and oxygen atoms in total. The van der Waals surface area contributed by atoms with Crippen molar-refractivity contribution in [3.8, 4) is 0 Å². The number of hydrogen-bond donors (Lipinski definition) is 1. The van der Waals surface area contributed by atoms with E-state index in [0.717, 1.165) is 39.0 Å². The smallest absolute Gasteiger partial charge is 0.0506 e. The standard InChI is InChI=1S/C18H29NO2/c20-14-10-18-9-4-5-12-19(18)13-6-15-21-16-11-17-7-2-1-3-8-17/h1-3,7-8,18,20H,4-6,9-16H2. The molecular weight excluding hydrogens is 262 g/mol. The normalized spacial score (nSPS) is 19.8. The van der Waals surface area contributed by atoms with Gasteiger partial charge in [-0.05, 0) is 44.2 Å². The number of nitrogens with zero attached hydrogens (tertiary/aromatic N) is 1. The molecule has 1 fully saturated rings. The Bertz CT molecular complexity index is 367. The summed E-state index contributed by atoms with van der Waals surface area (Å²) in [6, 6.07) is 11.1. The molecule has 0 bridgehead atoms. The predicted molar refractivity (Wildman–Crippen MR) is 86.5 cm³/mol. The molecule has 1 saturated heterocycles. The van der Waals surface area contributed by atoms with Crippen LogP contribution in [-0.2, 0) is 11.2 Å². The number of aliphatic hydroxyl groups is 1. The quantitative estimate of drug-likeness (QED) is 0.710. The van der Waals surface area contributed by atoms with Crippen LogP contribution in [0, 0.1) is 0 Å². The van der Waals surface area contributed by atoms with E-state index in [9.17, 15) is 0 Å². The number of piperidine rings is 1. The van der Waals surface area contributed by atoms with Gasteiger partial charge in [0.15, 0.2) is 0 Å². The molecule has 0 aliphatic carbocycles. The summed E-state index contributed by atoms with van der Waals surface area (Å²) in [5, 5.41) is 9.13. The molecular formula is C18H29NO2. The predicted octanol–water partition coefficient (Wildman–Crippen LogP) is 2.87. The van der Waals surface area contributed by atoms with Gasteiger partial charge in [0, 0.05) is 25.8 Å². The highest BCUT2D eigenvalue weighted by Crippen LogP contribution is 2.19. The number of hydrogen-bond acceptors (Lipinski definition) is 3.